The van der Waals surface area contributed by atoms with E-state index in [4.69, 9.17) is 9.57 Å². The van der Waals surface area contributed by atoms with Crippen LogP contribution in [0.1, 0.15) is 24.1 Å². The molecule has 1 unspecified atom stereocenters. The molecule has 0 radical (unpaired) electrons. The minimum absolute atomic E-state index is 0.0491. The number of halogens is 1. The van der Waals surface area contributed by atoms with Gasteiger partial charge in [0.1, 0.15) is 5.82 Å². The third kappa shape index (κ3) is 3.89. The van der Waals surface area contributed by atoms with Crippen LogP contribution in [0.5, 0.6) is 0 Å². The van der Waals surface area contributed by atoms with Crippen molar-refractivity contribution in [1.82, 2.24) is 5.48 Å². The summed E-state index contributed by atoms with van der Waals surface area (Å²) >= 11 is 0. The average molecular weight is 227 g/mol. The van der Waals surface area contributed by atoms with Gasteiger partial charge in [0, 0.05) is 7.11 Å². The molecule has 0 saturated heterocycles. The minimum Gasteiger partial charge on any atom is -0.382 e. The van der Waals surface area contributed by atoms with E-state index in [1.54, 1.807) is 20.1 Å². The SMILES string of the molecule is COCCONC(C)c1ccc(C)c(F)c1. The van der Waals surface area contributed by atoms with Crippen molar-refractivity contribution in [3.05, 3.63) is 35.1 Å². The lowest BCUT2D eigenvalue weighted by Crippen LogP contribution is -2.21. The summed E-state index contributed by atoms with van der Waals surface area (Å²) in [4.78, 5) is 5.16. The third-order valence-corrected chi connectivity index (χ3v) is 2.35. The van der Waals surface area contributed by atoms with Gasteiger partial charge in [-0.2, -0.15) is 5.48 Å². The van der Waals surface area contributed by atoms with E-state index in [0.29, 0.717) is 18.8 Å². The summed E-state index contributed by atoms with van der Waals surface area (Å²) in [7, 11) is 1.61. The fourth-order valence-corrected chi connectivity index (χ4v) is 1.26. The molecule has 0 bridgehead atoms. The Morgan fingerprint density at radius 3 is 2.75 bits per heavy atom. The van der Waals surface area contributed by atoms with Gasteiger partial charge < -0.3 is 4.74 Å². The number of hydrogen-bond donors (Lipinski definition) is 1. The number of aryl methyl sites for hydroxylation is 1. The molecular weight excluding hydrogens is 209 g/mol. The summed E-state index contributed by atoms with van der Waals surface area (Å²) in [6.45, 7) is 4.65. The number of rotatable bonds is 6. The van der Waals surface area contributed by atoms with E-state index in [1.807, 2.05) is 13.0 Å². The van der Waals surface area contributed by atoms with Gasteiger partial charge in [0.05, 0.1) is 19.3 Å². The molecule has 0 saturated carbocycles. The van der Waals surface area contributed by atoms with Crippen LogP contribution >= 0.6 is 0 Å². The Balaban J connectivity index is 2.46. The molecule has 0 aliphatic heterocycles. The van der Waals surface area contributed by atoms with E-state index < -0.39 is 0 Å². The fraction of sp³-hybridized carbons (Fsp3) is 0.500. The van der Waals surface area contributed by atoms with Gasteiger partial charge in [-0.15, -0.1) is 0 Å². The van der Waals surface area contributed by atoms with E-state index >= 15 is 0 Å². The topological polar surface area (TPSA) is 30.5 Å². The van der Waals surface area contributed by atoms with Crippen molar-refractivity contribution in [2.45, 2.75) is 19.9 Å². The predicted molar refractivity (Wildman–Crippen MR) is 60.5 cm³/mol. The first-order valence-corrected chi connectivity index (χ1v) is 5.27. The quantitative estimate of drug-likeness (QED) is 0.598. The lowest BCUT2D eigenvalue weighted by molar-refractivity contribution is -0.00928. The van der Waals surface area contributed by atoms with Gasteiger partial charge in [0.2, 0.25) is 0 Å². The Morgan fingerprint density at radius 1 is 1.38 bits per heavy atom. The van der Waals surface area contributed by atoms with Gasteiger partial charge in [-0.25, -0.2) is 4.39 Å². The first-order chi connectivity index (χ1) is 7.65. The van der Waals surface area contributed by atoms with Crippen LogP contribution in [0.15, 0.2) is 18.2 Å². The predicted octanol–water partition coefficient (Wildman–Crippen LogP) is 2.36. The van der Waals surface area contributed by atoms with Gasteiger partial charge in [-0.3, -0.25) is 4.84 Å². The van der Waals surface area contributed by atoms with E-state index in [-0.39, 0.29) is 11.9 Å². The number of hydroxylamine groups is 1. The molecule has 1 N–H and O–H groups in total. The molecule has 1 aromatic carbocycles. The van der Waals surface area contributed by atoms with Crippen LogP contribution in [0, 0.1) is 12.7 Å². The number of hydrogen-bond acceptors (Lipinski definition) is 3. The molecule has 0 spiro atoms. The van der Waals surface area contributed by atoms with Crippen molar-refractivity contribution in [3.63, 3.8) is 0 Å². The van der Waals surface area contributed by atoms with Crippen molar-refractivity contribution < 1.29 is 14.0 Å². The van der Waals surface area contributed by atoms with E-state index in [0.717, 1.165) is 5.56 Å². The summed E-state index contributed by atoms with van der Waals surface area (Å²) < 4.78 is 18.1. The van der Waals surface area contributed by atoms with E-state index in [9.17, 15) is 4.39 Å². The van der Waals surface area contributed by atoms with Gasteiger partial charge >= 0.3 is 0 Å². The van der Waals surface area contributed by atoms with Crippen molar-refractivity contribution in [2.75, 3.05) is 20.3 Å². The second kappa shape index (κ2) is 6.58. The normalized spacial score (nSPS) is 12.8. The largest absolute Gasteiger partial charge is 0.382 e. The van der Waals surface area contributed by atoms with E-state index in [2.05, 4.69) is 5.48 Å². The van der Waals surface area contributed by atoms with Crippen LogP contribution < -0.4 is 5.48 Å². The van der Waals surface area contributed by atoms with Crippen LogP contribution in [0.3, 0.4) is 0 Å². The second-order valence-electron chi connectivity index (χ2n) is 3.69. The Morgan fingerprint density at radius 2 is 2.12 bits per heavy atom. The fourth-order valence-electron chi connectivity index (χ4n) is 1.26. The lowest BCUT2D eigenvalue weighted by Gasteiger charge is -2.14. The Labute approximate surface area is 95.5 Å². The van der Waals surface area contributed by atoms with Crippen LogP contribution in [-0.4, -0.2) is 20.3 Å². The Kier molecular flexibility index (Phi) is 5.38. The molecule has 3 nitrogen and oxygen atoms in total. The molecule has 90 valence electrons. The molecule has 0 aromatic heterocycles. The second-order valence-corrected chi connectivity index (χ2v) is 3.69. The van der Waals surface area contributed by atoms with Crippen molar-refractivity contribution >= 4 is 0 Å². The maximum absolute atomic E-state index is 13.3. The minimum atomic E-state index is -0.192. The molecule has 1 rings (SSSR count). The zero-order valence-electron chi connectivity index (χ0n) is 9.92. The highest BCUT2D eigenvalue weighted by atomic mass is 19.1. The zero-order chi connectivity index (χ0) is 12.0. The summed E-state index contributed by atoms with van der Waals surface area (Å²) in [5.74, 6) is -0.192. The van der Waals surface area contributed by atoms with E-state index in [1.165, 1.54) is 6.07 Å². The number of benzene rings is 1. The van der Waals surface area contributed by atoms with Gasteiger partial charge in [-0.1, -0.05) is 12.1 Å². The summed E-state index contributed by atoms with van der Waals surface area (Å²) in [6.07, 6.45) is 0. The van der Waals surface area contributed by atoms with Crippen molar-refractivity contribution in [2.24, 2.45) is 0 Å². The smallest absolute Gasteiger partial charge is 0.126 e. The number of nitrogens with one attached hydrogen (secondary N) is 1. The molecule has 0 fully saturated rings. The first-order valence-electron chi connectivity index (χ1n) is 5.27. The first kappa shape index (κ1) is 13.1. The highest BCUT2D eigenvalue weighted by Crippen LogP contribution is 2.15. The third-order valence-electron chi connectivity index (χ3n) is 2.35. The zero-order valence-corrected chi connectivity index (χ0v) is 9.92. The lowest BCUT2D eigenvalue weighted by atomic mass is 10.1. The molecule has 0 aliphatic carbocycles. The Bertz CT molecular complexity index is 331. The van der Waals surface area contributed by atoms with Crippen LogP contribution in [0.4, 0.5) is 4.39 Å². The van der Waals surface area contributed by atoms with Gasteiger partial charge in [0.25, 0.3) is 0 Å². The maximum Gasteiger partial charge on any atom is 0.126 e. The molecule has 1 aromatic rings. The highest BCUT2D eigenvalue weighted by molar-refractivity contribution is 5.25. The Hall–Kier alpha value is -0.970. The van der Waals surface area contributed by atoms with Crippen molar-refractivity contribution in [3.8, 4) is 0 Å². The molecule has 0 aliphatic rings. The molecule has 4 heteroatoms. The monoisotopic (exact) mass is 227 g/mol. The number of ether oxygens (including phenoxy) is 1. The van der Waals surface area contributed by atoms with Crippen LogP contribution in [0.25, 0.3) is 0 Å². The van der Waals surface area contributed by atoms with Crippen molar-refractivity contribution in [1.29, 1.82) is 0 Å². The summed E-state index contributed by atoms with van der Waals surface area (Å²) in [6, 6.07) is 5.12. The highest BCUT2D eigenvalue weighted by Gasteiger charge is 2.07. The van der Waals surface area contributed by atoms with Crippen LogP contribution in [-0.2, 0) is 9.57 Å². The number of methoxy groups -OCH3 is 1. The molecule has 0 heterocycles. The van der Waals surface area contributed by atoms with Crippen LogP contribution in [0.2, 0.25) is 0 Å². The average Bonchev–Trinajstić information content (AvgIpc) is 2.28. The summed E-state index contributed by atoms with van der Waals surface area (Å²) in [5.41, 5.74) is 4.34. The van der Waals surface area contributed by atoms with Gasteiger partial charge in [-0.05, 0) is 31.0 Å². The molecular formula is C12H18FNO2. The summed E-state index contributed by atoms with van der Waals surface area (Å²) in [5, 5.41) is 0. The standard InChI is InChI=1S/C12H18FNO2/c1-9-4-5-11(8-12(9)13)10(2)14-16-7-6-15-3/h4-5,8,10,14H,6-7H2,1-3H3. The molecule has 0 amide bonds. The molecule has 1 atom stereocenters. The molecule has 16 heavy (non-hydrogen) atoms. The maximum atomic E-state index is 13.3. The van der Waals surface area contributed by atoms with Gasteiger partial charge in [0.15, 0.2) is 0 Å².